The van der Waals surface area contributed by atoms with Crippen LogP contribution >= 0.6 is 0 Å². The molecule has 5 heteroatoms. The van der Waals surface area contributed by atoms with E-state index in [0.29, 0.717) is 13.0 Å². The Bertz CT molecular complexity index is 250. The van der Waals surface area contributed by atoms with Crippen LogP contribution in [0.5, 0.6) is 0 Å². The molecule has 0 aromatic carbocycles. The summed E-state index contributed by atoms with van der Waals surface area (Å²) in [6.45, 7) is 6.82. The molecule has 0 bridgehead atoms. The standard InChI is InChI=1S/C10H17NO4/c1-7(2)10(13)15-8(3)14-9(12)5-4-6-11/h8H,1,4-6,11H2,2-3H3. The van der Waals surface area contributed by atoms with Crippen molar-refractivity contribution < 1.29 is 19.1 Å². The van der Waals surface area contributed by atoms with Gasteiger partial charge in [0.1, 0.15) is 0 Å². The number of carbonyl (C=O) groups is 2. The van der Waals surface area contributed by atoms with Gasteiger partial charge in [-0.1, -0.05) is 6.58 Å². The summed E-state index contributed by atoms with van der Waals surface area (Å²) in [7, 11) is 0. The van der Waals surface area contributed by atoms with Crippen LogP contribution in [0.25, 0.3) is 0 Å². The predicted octanol–water partition coefficient (Wildman–Crippen LogP) is 0.734. The van der Waals surface area contributed by atoms with Crippen molar-refractivity contribution in [3.05, 3.63) is 12.2 Å². The van der Waals surface area contributed by atoms with Crippen LogP contribution in [0.15, 0.2) is 12.2 Å². The molecule has 0 aliphatic carbocycles. The van der Waals surface area contributed by atoms with Crippen LogP contribution < -0.4 is 5.73 Å². The van der Waals surface area contributed by atoms with Crippen molar-refractivity contribution in [1.29, 1.82) is 0 Å². The van der Waals surface area contributed by atoms with E-state index in [1.54, 1.807) is 0 Å². The molecular weight excluding hydrogens is 198 g/mol. The van der Waals surface area contributed by atoms with Crippen molar-refractivity contribution in [2.45, 2.75) is 33.0 Å². The molecule has 0 fully saturated rings. The molecule has 2 N–H and O–H groups in total. The van der Waals surface area contributed by atoms with Crippen LogP contribution in [0.4, 0.5) is 0 Å². The van der Waals surface area contributed by atoms with Crippen LogP contribution in [0.1, 0.15) is 26.7 Å². The summed E-state index contributed by atoms with van der Waals surface area (Å²) < 4.78 is 9.54. The van der Waals surface area contributed by atoms with Crippen molar-refractivity contribution in [2.75, 3.05) is 6.54 Å². The highest BCUT2D eigenvalue weighted by atomic mass is 16.7. The fourth-order valence-electron chi connectivity index (χ4n) is 0.766. The summed E-state index contributed by atoms with van der Waals surface area (Å²) >= 11 is 0. The number of ether oxygens (including phenoxy) is 2. The molecule has 0 rings (SSSR count). The number of esters is 2. The Morgan fingerprint density at radius 2 is 2.00 bits per heavy atom. The zero-order valence-electron chi connectivity index (χ0n) is 9.12. The molecule has 0 spiro atoms. The SMILES string of the molecule is C=C(C)C(=O)OC(C)OC(=O)CCCN. The zero-order chi connectivity index (χ0) is 11.8. The quantitative estimate of drug-likeness (QED) is 0.401. The lowest BCUT2D eigenvalue weighted by atomic mass is 10.3. The first kappa shape index (κ1) is 13.6. The molecule has 1 atom stereocenters. The Hall–Kier alpha value is -1.36. The number of carbonyl (C=O) groups excluding carboxylic acids is 2. The minimum Gasteiger partial charge on any atom is -0.425 e. The lowest BCUT2D eigenvalue weighted by Gasteiger charge is -2.13. The Morgan fingerprint density at radius 1 is 1.40 bits per heavy atom. The second kappa shape index (κ2) is 7.00. The molecule has 5 nitrogen and oxygen atoms in total. The molecule has 1 unspecified atom stereocenters. The summed E-state index contributed by atoms with van der Waals surface area (Å²) in [5, 5.41) is 0. The van der Waals surface area contributed by atoms with Gasteiger partial charge in [-0.05, 0) is 19.9 Å². The van der Waals surface area contributed by atoms with Crippen LogP contribution in [0.3, 0.4) is 0 Å². The summed E-state index contributed by atoms with van der Waals surface area (Å²) in [6.07, 6.45) is -0.106. The zero-order valence-corrected chi connectivity index (χ0v) is 9.12. The van der Waals surface area contributed by atoms with Crippen molar-refractivity contribution in [3.8, 4) is 0 Å². The van der Waals surface area contributed by atoms with Crippen LogP contribution in [0, 0.1) is 0 Å². The van der Waals surface area contributed by atoms with Crippen molar-refractivity contribution in [1.82, 2.24) is 0 Å². The molecule has 0 saturated carbocycles. The van der Waals surface area contributed by atoms with Gasteiger partial charge in [-0.25, -0.2) is 4.79 Å². The van der Waals surface area contributed by atoms with Crippen LogP contribution in [-0.2, 0) is 19.1 Å². The molecule has 0 saturated heterocycles. The number of hydrogen-bond acceptors (Lipinski definition) is 5. The minimum absolute atomic E-state index is 0.228. The van der Waals surface area contributed by atoms with Gasteiger partial charge in [-0.3, -0.25) is 4.79 Å². The second-order valence-electron chi connectivity index (χ2n) is 3.14. The van der Waals surface area contributed by atoms with E-state index < -0.39 is 18.2 Å². The third kappa shape index (κ3) is 6.68. The fourth-order valence-corrected chi connectivity index (χ4v) is 0.766. The molecule has 0 aliphatic rings. The van der Waals surface area contributed by atoms with Gasteiger partial charge < -0.3 is 15.2 Å². The van der Waals surface area contributed by atoms with Gasteiger partial charge in [0.05, 0.1) is 0 Å². The molecule has 0 aliphatic heterocycles. The van der Waals surface area contributed by atoms with E-state index in [1.165, 1.54) is 13.8 Å². The van der Waals surface area contributed by atoms with E-state index in [9.17, 15) is 9.59 Å². The number of hydrogen-bond donors (Lipinski definition) is 1. The molecule has 0 amide bonds. The highest BCUT2D eigenvalue weighted by Crippen LogP contribution is 2.02. The lowest BCUT2D eigenvalue weighted by molar-refractivity contribution is -0.181. The first-order valence-electron chi connectivity index (χ1n) is 4.73. The summed E-state index contributed by atoms with van der Waals surface area (Å²) in [5.41, 5.74) is 5.49. The molecule has 0 heterocycles. The van der Waals surface area contributed by atoms with Gasteiger partial charge in [0.2, 0.25) is 6.29 Å². The molecule has 0 aromatic rings. The lowest BCUT2D eigenvalue weighted by Crippen LogP contribution is -2.22. The van der Waals surface area contributed by atoms with Gasteiger partial charge >= 0.3 is 11.9 Å². The summed E-state index contributed by atoms with van der Waals surface area (Å²) in [5.74, 6) is -1.00. The van der Waals surface area contributed by atoms with Gasteiger partial charge in [-0.15, -0.1) is 0 Å². The van der Waals surface area contributed by atoms with Crippen molar-refractivity contribution in [2.24, 2.45) is 5.73 Å². The second-order valence-corrected chi connectivity index (χ2v) is 3.14. The fraction of sp³-hybridized carbons (Fsp3) is 0.600. The van der Waals surface area contributed by atoms with E-state index >= 15 is 0 Å². The highest BCUT2D eigenvalue weighted by molar-refractivity contribution is 5.87. The maximum atomic E-state index is 11.1. The van der Waals surface area contributed by atoms with Gasteiger partial charge in [0, 0.05) is 18.9 Å². The van der Waals surface area contributed by atoms with E-state index in [2.05, 4.69) is 6.58 Å². The average Bonchev–Trinajstić information content (AvgIpc) is 2.14. The molecule has 15 heavy (non-hydrogen) atoms. The normalized spacial score (nSPS) is 11.7. The largest absolute Gasteiger partial charge is 0.425 e. The Kier molecular flexibility index (Phi) is 6.37. The summed E-state index contributed by atoms with van der Waals surface area (Å²) in [4.78, 5) is 22.1. The van der Waals surface area contributed by atoms with Gasteiger partial charge in [0.25, 0.3) is 0 Å². The van der Waals surface area contributed by atoms with E-state index in [1.807, 2.05) is 0 Å². The molecular formula is C10H17NO4. The van der Waals surface area contributed by atoms with Crippen LogP contribution in [-0.4, -0.2) is 24.8 Å². The number of nitrogens with two attached hydrogens (primary N) is 1. The Labute approximate surface area is 89.2 Å². The average molecular weight is 215 g/mol. The first-order chi connectivity index (χ1) is 6.97. The molecule has 86 valence electrons. The van der Waals surface area contributed by atoms with Crippen molar-refractivity contribution in [3.63, 3.8) is 0 Å². The maximum absolute atomic E-state index is 11.1. The molecule has 0 aromatic heterocycles. The smallest absolute Gasteiger partial charge is 0.336 e. The van der Waals surface area contributed by atoms with E-state index in [0.717, 1.165) is 0 Å². The first-order valence-corrected chi connectivity index (χ1v) is 4.73. The molecule has 0 radical (unpaired) electrons. The third-order valence-corrected chi connectivity index (χ3v) is 1.50. The Balaban J connectivity index is 3.82. The van der Waals surface area contributed by atoms with Gasteiger partial charge in [0.15, 0.2) is 0 Å². The number of rotatable bonds is 6. The Morgan fingerprint density at radius 3 is 2.47 bits per heavy atom. The van der Waals surface area contributed by atoms with Gasteiger partial charge in [-0.2, -0.15) is 0 Å². The minimum atomic E-state index is -0.889. The van der Waals surface area contributed by atoms with E-state index in [4.69, 9.17) is 15.2 Å². The highest BCUT2D eigenvalue weighted by Gasteiger charge is 2.13. The van der Waals surface area contributed by atoms with Crippen molar-refractivity contribution >= 4 is 11.9 Å². The van der Waals surface area contributed by atoms with E-state index in [-0.39, 0.29) is 12.0 Å². The topological polar surface area (TPSA) is 78.6 Å². The third-order valence-electron chi connectivity index (χ3n) is 1.50. The maximum Gasteiger partial charge on any atom is 0.336 e. The van der Waals surface area contributed by atoms with Crippen LogP contribution in [0.2, 0.25) is 0 Å². The summed E-state index contributed by atoms with van der Waals surface area (Å²) in [6, 6.07) is 0. The monoisotopic (exact) mass is 215 g/mol. The predicted molar refractivity (Wildman–Crippen MR) is 54.7 cm³/mol.